The number of carboxylic acid groups (broad SMARTS) is 1. The number of nitrogens with one attached hydrogen (secondary N) is 1. The fourth-order valence-electron chi connectivity index (χ4n) is 0.959. The van der Waals surface area contributed by atoms with Crippen LogP contribution in [0.15, 0.2) is 24.3 Å². The summed E-state index contributed by atoms with van der Waals surface area (Å²) in [5.41, 5.74) is 6.48. The van der Waals surface area contributed by atoms with Crippen LogP contribution in [0.4, 0.5) is 11.4 Å². The highest BCUT2D eigenvalue weighted by molar-refractivity contribution is 6.01. The Balaban J connectivity index is 2.60. The molecule has 5 heteroatoms. The molecule has 4 N–H and O–H groups in total. The topological polar surface area (TPSA) is 92.4 Å². The van der Waals surface area contributed by atoms with Crippen molar-refractivity contribution in [1.29, 1.82) is 0 Å². The van der Waals surface area contributed by atoms with Gasteiger partial charge in [0.2, 0.25) is 5.91 Å². The molecule has 0 saturated heterocycles. The van der Waals surface area contributed by atoms with Gasteiger partial charge in [-0.15, -0.1) is 0 Å². The third-order valence-electron chi connectivity index (χ3n) is 1.48. The van der Waals surface area contributed by atoms with Gasteiger partial charge in [0, 0.05) is 11.4 Å². The Bertz CT molecular complexity index is 363. The Morgan fingerprint density at radius 2 is 2.14 bits per heavy atom. The lowest BCUT2D eigenvalue weighted by atomic mass is 10.3. The second kappa shape index (κ2) is 4.27. The minimum absolute atomic E-state index is 0.497. The summed E-state index contributed by atoms with van der Waals surface area (Å²) in [5, 5.41) is 10.7. The van der Waals surface area contributed by atoms with Crippen LogP contribution in [0, 0.1) is 0 Å². The molecule has 0 aliphatic rings. The molecule has 0 aromatic heterocycles. The van der Waals surface area contributed by atoms with Crippen LogP contribution in [0.25, 0.3) is 0 Å². The van der Waals surface area contributed by atoms with Crippen LogP contribution in [0.2, 0.25) is 0 Å². The van der Waals surface area contributed by atoms with Gasteiger partial charge in [-0.3, -0.25) is 9.59 Å². The highest BCUT2D eigenvalue weighted by atomic mass is 16.4. The summed E-state index contributed by atoms with van der Waals surface area (Å²) < 4.78 is 0. The van der Waals surface area contributed by atoms with Gasteiger partial charge < -0.3 is 16.2 Å². The van der Waals surface area contributed by atoms with E-state index >= 15 is 0 Å². The monoisotopic (exact) mass is 194 g/mol. The summed E-state index contributed by atoms with van der Waals surface area (Å²) in [4.78, 5) is 21.2. The lowest BCUT2D eigenvalue weighted by molar-refractivity contribution is -0.139. The van der Waals surface area contributed by atoms with E-state index in [1.165, 1.54) is 0 Å². The van der Waals surface area contributed by atoms with Crippen LogP contribution in [-0.4, -0.2) is 17.0 Å². The fraction of sp³-hybridized carbons (Fsp3) is 0.111. The molecule has 0 saturated carbocycles. The molecule has 74 valence electrons. The largest absolute Gasteiger partial charge is 0.481 e. The number of amides is 1. The number of nitrogen functional groups attached to an aromatic ring is 1. The smallest absolute Gasteiger partial charge is 0.312 e. The average Bonchev–Trinajstić information content (AvgIpc) is 2.01. The lowest BCUT2D eigenvalue weighted by Crippen LogP contribution is -2.15. The number of hydrogen-bond acceptors (Lipinski definition) is 3. The molecule has 5 nitrogen and oxygen atoms in total. The standard InChI is InChI=1S/C9H10N2O3/c10-6-2-1-3-7(4-6)11-8(12)5-9(13)14/h1-4H,5,10H2,(H,11,12)(H,13,14). The summed E-state index contributed by atoms with van der Waals surface area (Å²) in [6, 6.07) is 6.54. The Morgan fingerprint density at radius 3 is 2.71 bits per heavy atom. The highest BCUT2D eigenvalue weighted by Gasteiger charge is 2.07. The molecule has 0 spiro atoms. The van der Waals surface area contributed by atoms with E-state index in [0.717, 1.165) is 0 Å². The van der Waals surface area contributed by atoms with E-state index in [1.54, 1.807) is 24.3 Å². The number of hydrogen-bond donors (Lipinski definition) is 3. The van der Waals surface area contributed by atoms with Gasteiger partial charge in [0.05, 0.1) is 0 Å². The fourth-order valence-corrected chi connectivity index (χ4v) is 0.959. The number of carbonyl (C=O) groups is 2. The van der Waals surface area contributed by atoms with Crippen molar-refractivity contribution < 1.29 is 14.7 Å². The minimum atomic E-state index is -1.16. The number of carbonyl (C=O) groups excluding carboxylic acids is 1. The number of benzene rings is 1. The van der Waals surface area contributed by atoms with Gasteiger partial charge in [-0.1, -0.05) is 6.07 Å². The van der Waals surface area contributed by atoms with Crippen LogP contribution in [0.3, 0.4) is 0 Å². The number of aliphatic carboxylic acids is 1. The Labute approximate surface area is 80.5 Å². The third kappa shape index (κ3) is 3.14. The second-order valence-corrected chi connectivity index (χ2v) is 2.74. The van der Waals surface area contributed by atoms with E-state index in [4.69, 9.17) is 10.8 Å². The van der Waals surface area contributed by atoms with Gasteiger partial charge >= 0.3 is 5.97 Å². The number of anilines is 2. The maximum atomic E-state index is 11.0. The molecule has 1 rings (SSSR count). The molecule has 0 fully saturated rings. The molecule has 0 bridgehead atoms. The van der Waals surface area contributed by atoms with E-state index in [9.17, 15) is 9.59 Å². The van der Waals surface area contributed by atoms with Crippen molar-refractivity contribution >= 4 is 23.3 Å². The molecular formula is C9H10N2O3. The summed E-state index contributed by atoms with van der Waals surface area (Å²) in [6.07, 6.45) is -0.547. The first kappa shape index (κ1) is 10.0. The zero-order chi connectivity index (χ0) is 10.6. The minimum Gasteiger partial charge on any atom is -0.481 e. The third-order valence-corrected chi connectivity index (χ3v) is 1.48. The van der Waals surface area contributed by atoms with Crippen LogP contribution < -0.4 is 11.1 Å². The van der Waals surface area contributed by atoms with Crippen LogP contribution in [0.5, 0.6) is 0 Å². The van der Waals surface area contributed by atoms with E-state index in [1.807, 2.05) is 0 Å². The predicted molar refractivity (Wildman–Crippen MR) is 51.7 cm³/mol. The van der Waals surface area contributed by atoms with Crippen molar-refractivity contribution in [3.05, 3.63) is 24.3 Å². The lowest BCUT2D eigenvalue weighted by Gasteiger charge is -2.03. The summed E-state index contributed by atoms with van der Waals surface area (Å²) in [6.45, 7) is 0. The zero-order valence-electron chi connectivity index (χ0n) is 7.36. The maximum Gasteiger partial charge on any atom is 0.312 e. The number of rotatable bonds is 3. The molecule has 1 aromatic carbocycles. The van der Waals surface area contributed by atoms with Crippen molar-refractivity contribution in [3.8, 4) is 0 Å². The Kier molecular flexibility index (Phi) is 3.06. The van der Waals surface area contributed by atoms with Crippen LogP contribution in [-0.2, 0) is 9.59 Å². The highest BCUT2D eigenvalue weighted by Crippen LogP contribution is 2.11. The van der Waals surface area contributed by atoms with Gasteiger partial charge in [-0.05, 0) is 18.2 Å². The van der Waals surface area contributed by atoms with E-state index in [2.05, 4.69) is 5.32 Å². The quantitative estimate of drug-likeness (QED) is 0.487. The van der Waals surface area contributed by atoms with Gasteiger partial charge in [-0.2, -0.15) is 0 Å². The zero-order valence-corrected chi connectivity index (χ0v) is 7.36. The first-order valence-corrected chi connectivity index (χ1v) is 3.95. The van der Waals surface area contributed by atoms with Crippen molar-refractivity contribution in [3.63, 3.8) is 0 Å². The molecule has 1 aromatic rings. The number of carboxylic acids is 1. The van der Waals surface area contributed by atoms with E-state index in [-0.39, 0.29) is 0 Å². The molecule has 0 heterocycles. The van der Waals surface area contributed by atoms with Crippen LogP contribution >= 0.6 is 0 Å². The maximum absolute atomic E-state index is 11.0. The SMILES string of the molecule is Nc1cccc(NC(=O)CC(=O)O)c1. The molecular weight excluding hydrogens is 184 g/mol. The molecule has 0 radical (unpaired) electrons. The Hall–Kier alpha value is -2.04. The van der Waals surface area contributed by atoms with Gasteiger partial charge in [0.1, 0.15) is 6.42 Å². The predicted octanol–water partition coefficient (Wildman–Crippen LogP) is 0.682. The normalized spacial score (nSPS) is 9.43. The summed E-state index contributed by atoms with van der Waals surface area (Å²) >= 11 is 0. The van der Waals surface area contributed by atoms with E-state index < -0.39 is 18.3 Å². The first-order chi connectivity index (χ1) is 6.58. The first-order valence-electron chi connectivity index (χ1n) is 3.95. The van der Waals surface area contributed by atoms with Crippen LogP contribution in [0.1, 0.15) is 6.42 Å². The molecule has 0 unspecified atom stereocenters. The van der Waals surface area contributed by atoms with Gasteiger partial charge in [-0.25, -0.2) is 0 Å². The average molecular weight is 194 g/mol. The molecule has 0 aliphatic carbocycles. The van der Waals surface area contributed by atoms with E-state index in [0.29, 0.717) is 11.4 Å². The second-order valence-electron chi connectivity index (χ2n) is 2.74. The van der Waals surface area contributed by atoms with Crippen molar-refractivity contribution in [1.82, 2.24) is 0 Å². The summed E-state index contributed by atoms with van der Waals surface area (Å²) in [7, 11) is 0. The van der Waals surface area contributed by atoms with Crippen molar-refractivity contribution in [2.24, 2.45) is 0 Å². The van der Waals surface area contributed by atoms with Crippen molar-refractivity contribution in [2.75, 3.05) is 11.1 Å². The molecule has 14 heavy (non-hydrogen) atoms. The molecule has 0 aliphatic heterocycles. The van der Waals surface area contributed by atoms with Gasteiger partial charge in [0.25, 0.3) is 0 Å². The molecule has 0 atom stereocenters. The number of nitrogens with two attached hydrogens (primary N) is 1. The van der Waals surface area contributed by atoms with Gasteiger partial charge in [0.15, 0.2) is 0 Å². The van der Waals surface area contributed by atoms with Crippen molar-refractivity contribution in [2.45, 2.75) is 6.42 Å². The molecule has 1 amide bonds. The summed E-state index contributed by atoms with van der Waals surface area (Å²) in [5.74, 6) is -1.73. The Morgan fingerprint density at radius 1 is 1.43 bits per heavy atom.